The molecule has 0 spiro atoms. The summed E-state index contributed by atoms with van der Waals surface area (Å²) in [5.74, 6) is -0.331. The van der Waals surface area contributed by atoms with Gasteiger partial charge in [0.05, 0.1) is 11.6 Å². The fourth-order valence-electron chi connectivity index (χ4n) is 3.29. The Kier molecular flexibility index (Phi) is 5.24. The Labute approximate surface area is 163 Å². The van der Waals surface area contributed by atoms with Crippen LogP contribution in [0, 0.1) is 5.92 Å². The van der Waals surface area contributed by atoms with E-state index < -0.39 is 5.97 Å². The van der Waals surface area contributed by atoms with Crippen LogP contribution in [0.25, 0.3) is 5.69 Å². The predicted octanol–water partition coefficient (Wildman–Crippen LogP) is 3.90. The fraction of sp³-hybridized carbons (Fsp3) is 0.217. The Morgan fingerprint density at radius 3 is 2.46 bits per heavy atom. The second-order valence-corrected chi connectivity index (χ2v) is 7.01. The van der Waals surface area contributed by atoms with Crippen LogP contribution in [-0.2, 0) is 9.53 Å². The van der Waals surface area contributed by atoms with Crippen LogP contribution in [-0.4, -0.2) is 23.1 Å². The van der Waals surface area contributed by atoms with Crippen LogP contribution in [0.1, 0.15) is 34.8 Å². The lowest BCUT2D eigenvalue weighted by atomic mass is 10.0. The van der Waals surface area contributed by atoms with Crippen LogP contribution in [0.2, 0.25) is 0 Å². The van der Waals surface area contributed by atoms with E-state index in [9.17, 15) is 9.59 Å². The van der Waals surface area contributed by atoms with Crippen molar-refractivity contribution in [2.45, 2.75) is 18.9 Å². The van der Waals surface area contributed by atoms with Crippen molar-refractivity contribution in [1.82, 2.24) is 9.88 Å². The molecule has 1 aromatic heterocycles. The van der Waals surface area contributed by atoms with Gasteiger partial charge in [-0.05, 0) is 54.7 Å². The molecular weight excluding hydrogens is 352 g/mol. The number of hydrogen-bond acceptors (Lipinski definition) is 3. The van der Waals surface area contributed by atoms with Crippen molar-refractivity contribution in [2.24, 2.45) is 5.92 Å². The van der Waals surface area contributed by atoms with E-state index in [0.717, 1.165) is 24.1 Å². The first-order valence-corrected chi connectivity index (χ1v) is 9.45. The molecule has 1 unspecified atom stereocenters. The van der Waals surface area contributed by atoms with Gasteiger partial charge in [0.1, 0.15) is 0 Å². The molecule has 2 aromatic carbocycles. The molecule has 0 radical (unpaired) electrons. The molecule has 3 aromatic rings. The van der Waals surface area contributed by atoms with Crippen LogP contribution < -0.4 is 5.32 Å². The normalized spacial score (nSPS) is 14.3. The second kappa shape index (κ2) is 8.13. The lowest BCUT2D eigenvalue weighted by Gasteiger charge is -2.18. The zero-order valence-corrected chi connectivity index (χ0v) is 15.5. The summed E-state index contributed by atoms with van der Waals surface area (Å²) < 4.78 is 7.15. The van der Waals surface area contributed by atoms with Gasteiger partial charge in [-0.15, -0.1) is 0 Å². The van der Waals surface area contributed by atoms with Crippen molar-refractivity contribution >= 4 is 11.9 Å². The van der Waals surface area contributed by atoms with E-state index in [0.29, 0.717) is 11.5 Å². The largest absolute Gasteiger partial charge is 0.452 e. The van der Waals surface area contributed by atoms with E-state index in [4.69, 9.17) is 4.74 Å². The molecule has 1 saturated carbocycles. The molecule has 0 bridgehead atoms. The Hall–Kier alpha value is -3.34. The number of benzene rings is 2. The Bertz CT molecular complexity index is 947. The lowest BCUT2D eigenvalue weighted by Crippen LogP contribution is -2.33. The molecule has 1 amide bonds. The van der Waals surface area contributed by atoms with Crippen LogP contribution >= 0.6 is 0 Å². The highest BCUT2D eigenvalue weighted by Gasteiger charge is 2.33. The van der Waals surface area contributed by atoms with E-state index in [2.05, 4.69) is 5.32 Å². The number of esters is 1. The minimum atomic E-state index is -0.508. The summed E-state index contributed by atoms with van der Waals surface area (Å²) in [6.07, 6.45) is 6.01. The maximum atomic E-state index is 12.4. The van der Waals surface area contributed by atoms with Crippen LogP contribution in [0.15, 0.2) is 79.1 Å². The number of nitrogens with zero attached hydrogens (tertiary/aromatic N) is 1. The topological polar surface area (TPSA) is 60.3 Å². The van der Waals surface area contributed by atoms with Crippen molar-refractivity contribution in [2.75, 3.05) is 6.61 Å². The Balaban J connectivity index is 1.35. The van der Waals surface area contributed by atoms with Gasteiger partial charge < -0.3 is 14.6 Å². The second-order valence-electron chi connectivity index (χ2n) is 7.01. The zero-order valence-electron chi connectivity index (χ0n) is 15.5. The molecule has 28 heavy (non-hydrogen) atoms. The number of nitrogens with one attached hydrogen (secondary N) is 1. The van der Waals surface area contributed by atoms with Gasteiger partial charge in [0.15, 0.2) is 6.61 Å². The SMILES string of the molecule is O=C(COC(=O)c1cccc(-n2cccc2)c1)NC(c1ccccc1)C1CC1. The third kappa shape index (κ3) is 4.31. The van der Waals surface area contributed by atoms with Crippen molar-refractivity contribution in [3.63, 3.8) is 0 Å². The Morgan fingerprint density at radius 1 is 1.00 bits per heavy atom. The summed E-state index contributed by atoms with van der Waals surface area (Å²) in [6, 6.07) is 20.9. The van der Waals surface area contributed by atoms with Gasteiger partial charge in [-0.2, -0.15) is 0 Å². The molecule has 5 heteroatoms. The van der Waals surface area contributed by atoms with Gasteiger partial charge in [0, 0.05) is 18.1 Å². The van der Waals surface area contributed by atoms with Gasteiger partial charge >= 0.3 is 5.97 Å². The lowest BCUT2D eigenvalue weighted by molar-refractivity contribution is -0.125. The van der Waals surface area contributed by atoms with Crippen LogP contribution in [0.4, 0.5) is 0 Å². The molecule has 0 saturated heterocycles. The molecule has 1 fully saturated rings. The highest BCUT2D eigenvalue weighted by Crippen LogP contribution is 2.40. The quantitative estimate of drug-likeness (QED) is 0.638. The molecule has 1 aliphatic rings. The molecule has 1 N–H and O–H groups in total. The number of carbonyl (C=O) groups excluding carboxylic acids is 2. The third-order valence-corrected chi connectivity index (χ3v) is 4.89. The van der Waals surface area contributed by atoms with Gasteiger partial charge in [-0.25, -0.2) is 4.79 Å². The van der Waals surface area contributed by atoms with Gasteiger partial charge in [0.2, 0.25) is 0 Å². The van der Waals surface area contributed by atoms with Gasteiger partial charge in [-0.1, -0.05) is 36.4 Å². The summed E-state index contributed by atoms with van der Waals surface area (Å²) in [5, 5.41) is 3.02. The molecule has 5 nitrogen and oxygen atoms in total. The highest BCUT2D eigenvalue weighted by molar-refractivity contribution is 5.91. The van der Waals surface area contributed by atoms with E-state index in [1.165, 1.54) is 0 Å². The summed E-state index contributed by atoms with van der Waals surface area (Å²) >= 11 is 0. The third-order valence-electron chi connectivity index (χ3n) is 4.89. The van der Waals surface area contributed by atoms with Gasteiger partial charge in [0.25, 0.3) is 5.91 Å². The van der Waals surface area contributed by atoms with E-state index in [1.54, 1.807) is 18.2 Å². The number of ether oxygens (including phenoxy) is 1. The van der Waals surface area contributed by atoms with Crippen molar-refractivity contribution in [1.29, 1.82) is 0 Å². The number of rotatable bonds is 7. The minimum Gasteiger partial charge on any atom is -0.452 e. The number of amides is 1. The predicted molar refractivity (Wildman–Crippen MR) is 106 cm³/mol. The molecule has 142 valence electrons. The van der Waals surface area contributed by atoms with Crippen molar-refractivity contribution in [3.8, 4) is 5.69 Å². The average Bonchev–Trinajstić information content (AvgIpc) is 3.43. The van der Waals surface area contributed by atoms with Crippen LogP contribution in [0.5, 0.6) is 0 Å². The first-order valence-electron chi connectivity index (χ1n) is 9.45. The fourth-order valence-corrected chi connectivity index (χ4v) is 3.29. The number of hydrogen-bond donors (Lipinski definition) is 1. The smallest absolute Gasteiger partial charge is 0.338 e. The summed E-state index contributed by atoms with van der Waals surface area (Å²) in [5.41, 5.74) is 2.37. The molecule has 1 atom stereocenters. The molecular formula is C23H22N2O3. The van der Waals surface area contributed by atoms with E-state index in [1.807, 2.05) is 65.5 Å². The van der Waals surface area contributed by atoms with E-state index in [-0.39, 0.29) is 18.6 Å². The number of carbonyl (C=O) groups is 2. The van der Waals surface area contributed by atoms with Crippen molar-refractivity contribution in [3.05, 3.63) is 90.3 Å². The zero-order chi connectivity index (χ0) is 19.3. The number of aromatic nitrogens is 1. The summed E-state index contributed by atoms with van der Waals surface area (Å²) in [6.45, 7) is -0.289. The molecule has 4 rings (SSSR count). The van der Waals surface area contributed by atoms with Gasteiger partial charge in [-0.3, -0.25) is 4.79 Å². The summed E-state index contributed by atoms with van der Waals surface area (Å²) in [7, 11) is 0. The maximum absolute atomic E-state index is 12.4. The Morgan fingerprint density at radius 2 is 1.75 bits per heavy atom. The molecule has 0 aliphatic heterocycles. The average molecular weight is 374 g/mol. The highest BCUT2D eigenvalue weighted by atomic mass is 16.5. The molecule has 1 aliphatic carbocycles. The van der Waals surface area contributed by atoms with Crippen molar-refractivity contribution < 1.29 is 14.3 Å². The standard InChI is InChI=1S/C23H22N2O3/c26-21(24-22(18-11-12-18)17-7-2-1-3-8-17)16-28-23(27)19-9-6-10-20(15-19)25-13-4-5-14-25/h1-10,13-15,18,22H,11-12,16H2,(H,24,26). The summed E-state index contributed by atoms with van der Waals surface area (Å²) in [4.78, 5) is 24.7. The maximum Gasteiger partial charge on any atom is 0.338 e. The molecule has 1 heterocycles. The first kappa shape index (κ1) is 18.0. The van der Waals surface area contributed by atoms with Crippen LogP contribution in [0.3, 0.4) is 0 Å². The van der Waals surface area contributed by atoms with E-state index >= 15 is 0 Å². The monoisotopic (exact) mass is 374 g/mol. The minimum absolute atomic E-state index is 0.0236. The first-order chi connectivity index (χ1) is 13.7.